The third-order valence-electron chi connectivity index (χ3n) is 5.41. The summed E-state index contributed by atoms with van der Waals surface area (Å²) < 4.78 is 0. The van der Waals surface area contributed by atoms with Gasteiger partial charge in [0.2, 0.25) is 5.91 Å². The first kappa shape index (κ1) is 17.5. The molecule has 2 heterocycles. The maximum atomic E-state index is 13.0. The maximum Gasteiger partial charge on any atom is 0.262 e. The molecule has 0 N–H and O–H groups in total. The molecule has 0 spiro atoms. The minimum atomic E-state index is -0.388. The van der Waals surface area contributed by atoms with Crippen molar-refractivity contribution >= 4 is 23.4 Å². The van der Waals surface area contributed by atoms with Crippen LogP contribution in [0.4, 0.5) is 5.69 Å². The van der Waals surface area contributed by atoms with Crippen molar-refractivity contribution in [3.63, 3.8) is 0 Å². The van der Waals surface area contributed by atoms with E-state index in [0.717, 1.165) is 34.6 Å². The lowest BCUT2D eigenvalue weighted by atomic mass is 9.95. The minimum Gasteiger partial charge on any atom is -0.311 e. The van der Waals surface area contributed by atoms with Crippen molar-refractivity contribution in [3.8, 4) is 0 Å². The fourth-order valence-corrected chi connectivity index (χ4v) is 4.10. The van der Waals surface area contributed by atoms with Crippen molar-refractivity contribution in [1.29, 1.82) is 0 Å². The second-order valence-electron chi connectivity index (χ2n) is 7.47. The first-order valence-electron chi connectivity index (χ1n) is 9.24. The zero-order valence-corrected chi connectivity index (χ0v) is 15.8. The standard InChI is InChI=1S/C22H22N2O3/c1-13-6-7-17-18(10-13)22(27)24(21(17)26)12-20(25)23-8-4-5-16-15(3)9-14(2)11-19(16)23/h6-7,9-11H,4-5,8,12H2,1-3H3. The number of hydrogen-bond donors (Lipinski definition) is 0. The van der Waals surface area contributed by atoms with Gasteiger partial charge in [0.05, 0.1) is 11.1 Å². The van der Waals surface area contributed by atoms with Crippen LogP contribution >= 0.6 is 0 Å². The topological polar surface area (TPSA) is 57.7 Å². The molecule has 2 aliphatic rings. The maximum absolute atomic E-state index is 13.0. The summed E-state index contributed by atoms with van der Waals surface area (Å²) >= 11 is 0. The van der Waals surface area contributed by atoms with Crippen molar-refractivity contribution in [1.82, 2.24) is 4.90 Å². The van der Waals surface area contributed by atoms with Gasteiger partial charge in [0.25, 0.3) is 11.8 Å². The molecule has 0 aliphatic carbocycles. The van der Waals surface area contributed by atoms with Gasteiger partial charge in [-0.3, -0.25) is 19.3 Å². The molecule has 5 nitrogen and oxygen atoms in total. The average molecular weight is 362 g/mol. The molecule has 0 saturated heterocycles. The van der Waals surface area contributed by atoms with Gasteiger partial charge < -0.3 is 4.90 Å². The van der Waals surface area contributed by atoms with Gasteiger partial charge in [-0.25, -0.2) is 0 Å². The number of carbonyl (C=O) groups is 3. The minimum absolute atomic E-state index is 0.216. The van der Waals surface area contributed by atoms with Crippen LogP contribution in [-0.4, -0.2) is 35.7 Å². The van der Waals surface area contributed by atoms with E-state index in [0.29, 0.717) is 17.7 Å². The third kappa shape index (κ3) is 2.83. The van der Waals surface area contributed by atoms with Crippen LogP contribution < -0.4 is 4.90 Å². The number of fused-ring (bicyclic) bond motifs is 2. The Morgan fingerprint density at radius 3 is 2.48 bits per heavy atom. The fourth-order valence-electron chi connectivity index (χ4n) is 4.10. The summed E-state index contributed by atoms with van der Waals surface area (Å²) in [5.41, 5.74) is 6.05. The molecular formula is C22H22N2O3. The number of imide groups is 1. The molecule has 0 aromatic heterocycles. The largest absolute Gasteiger partial charge is 0.311 e. The summed E-state index contributed by atoms with van der Waals surface area (Å²) in [6.45, 7) is 6.33. The number of aryl methyl sites for hydroxylation is 3. The second kappa shape index (κ2) is 6.34. The van der Waals surface area contributed by atoms with Crippen molar-refractivity contribution in [3.05, 3.63) is 63.7 Å². The zero-order valence-electron chi connectivity index (χ0n) is 15.8. The first-order chi connectivity index (χ1) is 12.9. The molecular weight excluding hydrogens is 340 g/mol. The van der Waals surface area contributed by atoms with Gasteiger partial charge in [0.15, 0.2) is 0 Å². The Morgan fingerprint density at radius 2 is 1.70 bits per heavy atom. The predicted octanol–water partition coefficient (Wildman–Crippen LogP) is 3.19. The summed E-state index contributed by atoms with van der Waals surface area (Å²) in [7, 11) is 0. The molecule has 138 valence electrons. The quantitative estimate of drug-likeness (QED) is 0.771. The van der Waals surface area contributed by atoms with Crippen LogP contribution in [0.2, 0.25) is 0 Å². The second-order valence-corrected chi connectivity index (χ2v) is 7.47. The number of hydrogen-bond acceptors (Lipinski definition) is 3. The SMILES string of the molecule is Cc1ccc2c(c1)C(=O)N(CC(=O)N1CCCc3c(C)cc(C)cc31)C2=O. The Bertz CT molecular complexity index is 993. The number of nitrogens with zero attached hydrogens (tertiary/aromatic N) is 2. The summed E-state index contributed by atoms with van der Waals surface area (Å²) in [4.78, 5) is 41.1. The summed E-state index contributed by atoms with van der Waals surface area (Å²) in [5.74, 6) is -0.988. The van der Waals surface area contributed by atoms with Crippen LogP contribution in [-0.2, 0) is 11.2 Å². The van der Waals surface area contributed by atoms with E-state index in [4.69, 9.17) is 0 Å². The number of anilines is 1. The Kier molecular flexibility index (Phi) is 4.10. The van der Waals surface area contributed by atoms with Crippen LogP contribution in [0.15, 0.2) is 30.3 Å². The van der Waals surface area contributed by atoms with Crippen LogP contribution in [0.25, 0.3) is 0 Å². The van der Waals surface area contributed by atoms with Gasteiger partial charge in [0, 0.05) is 12.2 Å². The normalized spacial score (nSPS) is 15.8. The van der Waals surface area contributed by atoms with E-state index in [2.05, 4.69) is 13.0 Å². The highest BCUT2D eigenvalue weighted by molar-refractivity contribution is 6.22. The summed E-state index contributed by atoms with van der Waals surface area (Å²) in [6.07, 6.45) is 1.82. The highest BCUT2D eigenvalue weighted by Gasteiger charge is 2.38. The first-order valence-corrected chi connectivity index (χ1v) is 9.24. The van der Waals surface area contributed by atoms with Crippen LogP contribution in [0.5, 0.6) is 0 Å². The van der Waals surface area contributed by atoms with Crippen molar-refractivity contribution < 1.29 is 14.4 Å². The lowest BCUT2D eigenvalue weighted by Crippen LogP contribution is -2.44. The Balaban J connectivity index is 1.62. The van der Waals surface area contributed by atoms with Crippen molar-refractivity contribution in [2.45, 2.75) is 33.6 Å². The van der Waals surface area contributed by atoms with E-state index in [-0.39, 0.29) is 24.3 Å². The van der Waals surface area contributed by atoms with Gasteiger partial charge >= 0.3 is 0 Å². The van der Waals surface area contributed by atoms with Crippen molar-refractivity contribution in [2.24, 2.45) is 0 Å². The molecule has 3 amide bonds. The van der Waals surface area contributed by atoms with Crippen LogP contribution in [0, 0.1) is 20.8 Å². The monoisotopic (exact) mass is 362 g/mol. The Hall–Kier alpha value is -2.95. The van der Waals surface area contributed by atoms with Crippen LogP contribution in [0.3, 0.4) is 0 Å². The Morgan fingerprint density at radius 1 is 0.963 bits per heavy atom. The van der Waals surface area contributed by atoms with Gasteiger partial charge in [-0.1, -0.05) is 17.7 Å². The molecule has 0 atom stereocenters. The average Bonchev–Trinajstić information content (AvgIpc) is 2.85. The molecule has 2 aromatic rings. The number of amides is 3. The molecule has 2 aliphatic heterocycles. The molecule has 0 unspecified atom stereocenters. The van der Waals surface area contributed by atoms with E-state index in [1.165, 1.54) is 11.1 Å². The summed E-state index contributed by atoms with van der Waals surface area (Å²) in [6, 6.07) is 9.33. The number of rotatable bonds is 2. The van der Waals surface area contributed by atoms with Gasteiger partial charge in [-0.15, -0.1) is 0 Å². The third-order valence-corrected chi connectivity index (χ3v) is 5.41. The molecule has 0 fully saturated rings. The van der Waals surface area contributed by atoms with Gasteiger partial charge in [-0.2, -0.15) is 0 Å². The summed E-state index contributed by atoms with van der Waals surface area (Å²) in [5, 5.41) is 0. The zero-order chi connectivity index (χ0) is 19.3. The molecule has 2 aromatic carbocycles. The highest BCUT2D eigenvalue weighted by Crippen LogP contribution is 2.32. The number of carbonyl (C=O) groups excluding carboxylic acids is 3. The van der Waals surface area contributed by atoms with E-state index < -0.39 is 0 Å². The Labute approximate surface area is 158 Å². The molecule has 5 heteroatoms. The lowest BCUT2D eigenvalue weighted by Gasteiger charge is -2.32. The predicted molar refractivity (Wildman–Crippen MR) is 103 cm³/mol. The van der Waals surface area contributed by atoms with Crippen molar-refractivity contribution in [2.75, 3.05) is 18.0 Å². The molecule has 27 heavy (non-hydrogen) atoms. The fraction of sp³-hybridized carbons (Fsp3) is 0.318. The molecule has 0 radical (unpaired) electrons. The molecule has 0 saturated carbocycles. The molecule has 4 rings (SSSR count). The van der Waals surface area contributed by atoms with E-state index in [1.54, 1.807) is 17.0 Å². The van der Waals surface area contributed by atoms with Crippen LogP contribution in [0.1, 0.15) is 49.4 Å². The van der Waals surface area contributed by atoms with Gasteiger partial charge in [-0.05, 0) is 68.5 Å². The van der Waals surface area contributed by atoms with Gasteiger partial charge in [0.1, 0.15) is 6.54 Å². The van der Waals surface area contributed by atoms with E-state index in [1.807, 2.05) is 26.0 Å². The molecule has 0 bridgehead atoms. The lowest BCUT2D eigenvalue weighted by molar-refractivity contribution is -0.119. The highest BCUT2D eigenvalue weighted by atomic mass is 16.2. The smallest absolute Gasteiger partial charge is 0.262 e. The van der Waals surface area contributed by atoms with E-state index >= 15 is 0 Å². The number of benzene rings is 2. The van der Waals surface area contributed by atoms with E-state index in [9.17, 15) is 14.4 Å².